The van der Waals surface area contributed by atoms with Gasteiger partial charge in [0.15, 0.2) is 0 Å². The van der Waals surface area contributed by atoms with Crippen LogP contribution in [0.25, 0.3) is 0 Å². The third-order valence-electron chi connectivity index (χ3n) is 7.37. The van der Waals surface area contributed by atoms with Crippen LogP contribution in [0.5, 0.6) is 0 Å². The summed E-state index contributed by atoms with van der Waals surface area (Å²) in [6.07, 6.45) is 13.6. The molecule has 0 aliphatic heterocycles. The number of hydroxylamine groups is 1. The van der Waals surface area contributed by atoms with E-state index in [4.69, 9.17) is 5.73 Å². The van der Waals surface area contributed by atoms with Gasteiger partial charge in [-0.25, -0.2) is 10.5 Å². The second kappa shape index (κ2) is 19.2. The minimum Gasteiger partial charge on any atom is -0.368 e. The van der Waals surface area contributed by atoms with Gasteiger partial charge in [0.2, 0.25) is 17.7 Å². The van der Waals surface area contributed by atoms with Gasteiger partial charge in [-0.2, -0.15) is 0 Å². The molecule has 4 amide bonds. The highest BCUT2D eigenvalue weighted by atomic mass is 16.5. The summed E-state index contributed by atoms with van der Waals surface area (Å²) in [6, 6.07) is 7.25. The van der Waals surface area contributed by atoms with Crippen LogP contribution in [-0.2, 0) is 32.0 Å². The minimum absolute atomic E-state index is 0.139. The molecular weight excluding hydrogens is 548 g/mol. The second-order valence-corrected chi connectivity index (χ2v) is 11.2. The molecule has 0 unspecified atom stereocenters. The summed E-state index contributed by atoms with van der Waals surface area (Å²) >= 11 is 0. The number of carbonyl (C=O) groups is 4. The molecule has 3 atom stereocenters. The molecule has 1 aromatic carbocycles. The quantitative estimate of drug-likeness (QED) is 0.0678. The average Bonchev–Trinajstić information content (AvgIpc) is 3.50. The predicted octanol–water partition coefficient (Wildman–Crippen LogP) is 3.45. The van der Waals surface area contributed by atoms with Crippen molar-refractivity contribution in [2.75, 3.05) is 6.54 Å². The molecule has 1 heterocycles. The first kappa shape index (κ1) is 35.2. The molecule has 0 aliphatic carbocycles. The van der Waals surface area contributed by atoms with Gasteiger partial charge >= 0.3 is 0 Å². The van der Waals surface area contributed by atoms with Gasteiger partial charge in [-0.3, -0.25) is 24.4 Å². The van der Waals surface area contributed by atoms with E-state index in [1.807, 2.05) is 42.5 Å². The number of benzene rings is 1. The van der Waals surface area contributed by atoms with Gasteiger partial charge in [-0.05, 0) is 24.3 Å². The van der Waals surface area contributed by atoms with Crippen molar-refractivity contribution >= 4 is 23.6 Å². The van der Waals surface area contributed by atoms with Gasteiger partial charge < -0.3 is 20.9 Å². The van der Waals surface area contributed by atoms with E-state index in [1.54, 1.807) is 25.5 Å². The van der Waals surface area contributed by atoms with Crippen LogP contribution in [0.15, 0.2) is 55.0 Å². The Balaban J connectivity index is 2.25. The number of primary amides is 1. The van der Waals surface area contributed by atoms with E-state index < -0.39 is 41.6 Å². The highest BCUT2D eigenvalue weighted by molar-refractivity contribution is 5.92. The standard InChI is InChI=1S/C32H48N6O5/c1-4-5-6-7-8-9-10-14-17-38(29(23(2)3)32(42)37-43)28(39)20-25(19-26-21-34-22-35-26)31(41)36-27(30(33)40)18-24-15-12-11-13-16-24/h10-16,21-23,25,27,29,43H,4-9,17-20H2,1-3H3,(H2,33,40)(H,34,35)(H,36,41)(H,37,42)/b14-10+/t25-,27+,29-/m1/s1. The summed E-state index contributed by atoms with van der Waals surface area (Å²) in [7, 11) is 0. The SMILES string of the molecule is CCCCCCC/C=C/CN(C(=O)C[C@@H](Cc1cnc[nH]1)C(=O)N[C@@H](Cc1ccccc1)C(N)=O)[C@@H](C(=O)NO)C(C)C. The molecule has 0 saturated heterocycles. The molecule has 43 heavy (non-hydrogen) atoms. The van der Waals surface area contributed by atoms with Crippen molar-refractivity contribution in [2.45, 2.75) is 90.6 Å². The Bertz CT molecular complexity index is 1150. The van der Waals surface area contributed by atoms with Crippen molar-refractivity contribution in [1.82, 2.24) is 25.7 Å². The molecule has 0 bridgehead atoms. The number of nitrogens with two attached hydrogens (primary N) is 1. The smallest absolute Gasteiger partial charge is 0.266 e. The molecule has 0 spiro atoms. The van der Waals surface area contributed by atoms with Crippen molar-refractivity contribution in [2.24, 2.45) is 17.6 Å². The van der Waals surface area contributed by atoms with E-state index in [-0.39, 0.29) is 31.7 Å². The number of hydrogen-bond acceptors (Lipinski definition) is 6. The maximum absolute atomic E-state index is 13.8. The molecule has 11 heteroatoms. The predicted molar refractivity (Wildman–Crippen MR) is 164 cm³/mol. The molecule has 1 aromatic heterocycles. The molecule has 6 N–H and O–H groups in total. The Morgan fingerprint density at radius 1 is 1.02 bits per heavy atom. The van der Waals surface area contributed by atoms with Gasteiger partial charge in [-0.1, -0.05) is 88.9 Å². The van der Waals surface area contributed by atoms with E-state index in [0.717, 1.165) is 24.8 Å². The zero-order valence-electron chi connectivity index (χ0n) is 25.6. The number of nitrogens with one attached hydrogen (secondary N) is 3. The number of hydrogen-bond donors (Lipinski definition) is 5. The number of carbonyl (C=O) groups excluding carboxylic acids is 4. The van der Waals surface area contributed by atoms with E-state index >= 15 is 0 Å². The number of unbranched alkanes of at least 4 members (excludes halogenated alkanes) is 5. The van der Waals surface area contributed by atoms with Crippen LogP contribution in [0.4, 0.5) is 0 Å². The van der Waals surface area contributed by atoms with Crippen molar-refractivity contribution in [1.29, 1.82) is 0 Å². The highest BCUT2D eigenvalue weighted by Gasteiger charge is 2.35. The Kier molecular flexibility index (Phi) is 15.8. The summed E-state index contributed by atoms with van der Waals surface area (Å²) < 4.78 is 0. The number of aromatic nitrogens is 2. The second-order valence-electron chi connectivity index (χ2n) is 11.2. The summed E-state index contributed by atoms with van der Waals surface area (Å²) in [5, 5.41) is 12.2. The van der Waals surface area contributed by atoms with E-state index in [0.29, 0.717) is 5.69 Å². The summed E-state index contributed by atoms with van der Waals surface area (Å²) in [5.74, 6) is -3.55. The lowest BCUT2D eigenvalue weighted by Crippen LogP contribution is -2.53. The molecule has 0 radical (unpaired) electrons. The average molecular weight is 597 g/mol. The largest absolute Gasteiger partial charge is 0.368 e. The molecule has 11 nitrogen and oxygen atoms in total. The van der Waals surface area contributed by atoms with Crippen molar-refractivity contribution < 1.29 is 24.4 Å². The first-order valence-corrected chi connectivity index (χ1v) is 15.2. The fourth-order valence-electron chi connectivity index (χ4n) is 5.02. The fourth-order valence-corrected chi connectivity index (χ4v) is 5.02. The van der Waals surface area contributed by atoms with Crippen LogP contribution in [0.3, 0.4) is 0 Å². The van der Waals surface area contributed by atoms with Crippen molar-refractivity contribution in [3.05, 3.63) is 66.3 Å². The van der Waals surface area contributed by atoms with Gasteiger partial charge in [0, 0.05) is 37.7 Å². The number of nitrogens with zero attached hydrogens (tertiary/aromatic N) is 2. The van der Waals surface area contributed by atoms with Gasteiger partial charge in [-0.15, -0.1) is 0 Å². The first-order chi connectivity index (χ1) is 20.7. The van der Waals surface area contributed by atoms with Gasteiger partial charge in [0.1, 0.15) is 12.1 Å². The molecule has 0 aliphatic rings. The summed E-state index contributed by atoms with van der Waals surface area (Å²) in [5.41, 5.74) is 8.78. The third kappa shape index (κ3) is 12.4. The lowest BCUT2D eigenvalue weighted by atomic mass is 9.94. The van der Waals surface area contributed by atoms with Crippen molar-refractivity contribution in [3.8, 4) is 0 Å². The number of aromatic amines is 1. The Morgan fingerprint density at radius 2 is 1.74 bits per heavy atom. The zero-order chi connectivity index (χ0) is 31.6. The number of amides is 4. The Morgan fingerprint density at radius 3 is 2.35 bits per heavy atom. The Hall–Kier alpha value is -3.99. The fraction of sp³-hybridized carbons (Fsp3) is 0.531. The lowest BCUT2D eigenvalue weighted by molar-refractivity contribution is -0.147. The summed E-state index contributed by atoms with van der Waals surface area (Å²) in [6.45, 7) is 5.88. The van der Waals surface area contributed by atoms with Gasteiger partial charge in [0.25, 0.3) is 5.91 Å². The van der Waals surface area contributed by atoms with E-state index in [2.05, 4.69) is 22.2 Å². The number of allylic oxidation sites excluding steroid dienone is 1. The van der Waals surface area contributed by atoms with E-state index in [1.165, 1.54) is 30.5 Å². The molecule has 2 rings (SSSR count). The normalized spacial score (nSPS) is 13.4. The van der Waals surface area contributed by atoms with Gasteiger partial charge in [0.05, 0.1) is 12.2 Å². The molecule has 0 fully saturated rings. The van der Waals surface area contributed by atoms with Crippen molar-refractivity contribution in [3.63, 3.8) is 0 Å². The molecule has 0 saturated carbocycles. The maximum Gasteiger partial charge on any atom is 0.266 e. The van der Waals surface area contributed by atoms with Crippen LogP contribution in [0.1, 0.15) is 77.0 Å². The highest BCUT2D eigenvalue weighted by Crippen LogP contribution is 2.19. The third-order valence-corrected chi connectivity index (χ3v) is 7.37. The number of H-pyrrole nitrogens is 1. The maximum atomic E-state index is 13.8. The van der Waals surface area contributed by atoms with Crippen LogP contribution in [0.2, 0.25) is 0 Å². The number of rotatable bonds is 20. The van der Waals surface area contributed by atoms with E-state index in [9.17, 15) is 24.4 Å². The Labute approximate surface area is 254 Å². The van der Waals surface area contributed by atoms with Crippen LogP contribution in [0, 0.1) is 11.8 Å². The molecule has 236 valence electrons. The molecule has 2 aromatic rings. The van der Waals surface area contributed by atoms with Crippen LogP contribution < -0.4 is 16.5 Å². The lowest BCUT2D eigenvalue weighted by Gasteiger charge is -2.33. The van der Waals surface area contributed by atoms with Crippen LogP contribution in [-0.4, -0.2) is 62.3 Å². The monoisotopic (exact) mass is 596 g/mol. The van der Waals surface area contributed by atoms with Crippen LogP contribution >= 0.6 is 0 Å². The molecular formula is C32H48N6O5. The topological polar surface area (TPSA) is 171 Å². The zero-order valence-corrected chi connectivity index (χ0v) is 25.6. The first-order valence-electron chi connectivity index (χ1n) is 15.2. The number of imidazole rings is 1. The minimum atomic E-state index is -0.978. The summed E-state index contributed by atoms with van der Waals surface area (Å²) in [4.78, 5) is 60.7.